The Hall–Kier alpha value is -0.960. The molecule has 2 rings (SSSR count). The molecule has 0 atom stereocenters. The first-order valence-corrected chi connectivity index (χ1v) is 4.48. The van der Waals surface area contributed by atoms with Gasteiger partial charge in [-0.15, -0.1) is 0 Å². The molecule has 0 aliphatic carbocycles. The van der Waals surface area contributed by atoms with E-state index in [1.165, 1.54) is 10.9 Å². The van der Waals surface area contributed by atoms with E-state index in [0.717, 1.165) is 10.2 Å². The molecule has 0 amide bonds. The summed E-state index contributed by atoms with van der Waals surface area (Å²) in [4.78, 5) is 0. The Morgan fingerprint density at radius 1 is 1.42 bits per heavy atom. The maximum absolute atomic E-state index is 5.74. The van der Waals surface area contributed by atoms with Crippen molar-refractivity contribution < 1.29 is 0 Å². The maximum Gasteiger partial charge on any atom is 0.0490 e. The van der Waals surface area contributed by atoms with Crippen molar-refractivity contribution in [2.75, 3.05) is 5.73 Å². The van der Waals surface area contributed by atoms with Gasteiger partial charge in [-0.3, -0.25) is 0 Å². The van der Waals surface area contributed by atoms with Crippen LogP contribution in [0, 0.1) is 0 Å². The number of nitrogens with zero attached hydrogens (tertiary/aromatic N) is 1. The van der Waals surface area contributed by atoms with Gasteiger partial charge in [0.1, 0.15) is 0 Å². The van der Waals surface area contributed by atoms with Crippen LogP contribution in [0.15, 0.2) is 28.9 Å². The van der Waals surface area contributed by atoms with E-state index in [4.69, 9.17) is 5.73 Å². The maximum atomic E-state index is 5.74. The number of nitrogen functional groups attached to an aromatic ring is 1. The van der Waals surface area contributed by atoms with Gasteiger partial charge in [-0.05, 0) is 34.1 Å². The molecule has 3 heteroatoms. The Balaban J connectivity index is 2.87. The highest BCUT2D eigenvalue weighted by molar-refractivity contribution is 9.10. The van der Waals surface area contributed by atoms with Crippen molar-refractivity contribution >= 4 is 32.5 Å². The molecule has 0 radical (unpaired) electrons. The van der Waals surface area contributed by atoms with Crippen molar-refractivity contribution in [2.24, 2.45) is 7.05 Å². The lowest BCUT2D eigenvalue weighted by molar-refractivity contribution is 0.969. The van der Waals surface area contributed by atoms with Crippen molar-refractivity contribution in [1.29, 1.82) is 0 Å². The summed E-state index contributed by atoms with van der Waals surface area (Å²) in [6.45, 7) is 0. The molecule has 0 saturated heterocycles. The van der Waals surface area contributed by atoms with E-state index >= 15 is 0 Å². The van der Waals surface area contributed by atoms with E-state index in [9.17, 15) is 0 Å². The quantitative estimate of drug-likeness (QED) is 0.686. The van der Waals surface area contributed by atoms with Crippen LogP contribution in [0.1, 0.15) is 0 Å². The average molecular weight is 225 g/mol. The molecular weight excluding hydrogens is 216 g/mol. The van der Waals surface area contributed by atoms with E-state index in [1.54, 1.807) is 0 Å². The Labute approximate surface area is 79.1 Å². The molecule has 0 aliphatic heterocycles. The molecule has 1 aromatic carbocycles. The van der Waals surface area contributed by atoms with Gasteiger partial charge in [0.15, 0.2) is 0 Å². The van der Waals surface area contributed by atoms with Crippen molar-refractivity contribution in [3.63, 3.8) is 0 Å². The predicted molar refractivity (Wildman–Crippen MR) is 55.0 cm³/mol. The highest BCUT2D eigenvalue weighted by atomic mass is 79.9. The van der Waals surface area contributed by atoms with Crippen LogP contribution >= 0.6 is 15.9 Å². The van der Waals surface area contributed by atoms with Crippen molar-refractivity contribution in [2.45, 2.75) is 0 Å². The monoisotopic (exact) mass is 224 g/mol. The van der Waals surface area contributed by atoms with E-state index in [0.29, 0.717) is 0 Å². The van der Waals surface area contributed by atoms with Gasteiger partial charge >= 0.3 is 0 Å². The fraction of sp³-hybridized carbons (Fsp3) is 0.111. The summed E-state index contributed by atoms with van der Waals surface area (Å²) in [5.41, 5.74) is 7.72. The number of aromatic nitrogens is 1. The lowest BCUT2D eigenvalue weighted by Gasteiger charge is -2.00. The largest absolute Gasteiger partial charge is 0.398 e. The standard InChI is InChI=1S/C9H9BrN2/c1-12-3-2-6-4-8(11)7(10)5-9(6)12/h2-5H,11H2,1H3. The van der Waals surface area contributed by atoms with Gasteiger partial charge in [0.25, 0.3) is 0 Å². The van der Waals surface area contributed by atoms with E-state index in [2.05, 4.69) is 26.6 Å². The topological polar surface area (TPSA) is 30.9 Å². The number of hydrogen-bond acceptors (Lipinski definition) is 1. The van der Waals surface area contributed by atoms with Crippen LogP contribution in [0.2, 0.25) is 0 Å². The molecule has 1 aromatic heterocycles. The highest BCUT2D eigenvalue weighted by Gasteiger charge is 2.01. The fourth-order valence-electron chi connectivity index (χ4n) is 1.31. The molecular formula is C9H9BrN2. The van der Waals surface area contributed by atoms with Gasteiger partial charge in [-0.2, -0.15) is 0 Å². The molecule has 0 spiro atoms. The molecule has 62 valence electrons. The van der Waals surface area contributed by atoms with Gasteiger partial charge in [-0.25, -0.2) is 0 Å². The van der Waals surface area contributed by atoms with E-state index < -0.39 is 0 Å². The Morgan fingerprint density at radius 2 is 2.17 bits per heavy atom. The molecule has 0 fully saturated rings. The number of benzene rings is 1. The summed E-state index contributed by atoms with van der Waals surface area (Å²) in [6.07, 6.45) is 2.02. The number of halogens is 1. The number of rotatable bonds is 0. The minimum atomic E-state index is 0.786. The number of hydrogen-bond donors (Lipinski definition) is 1. The molecule has 0 aliphatic rings. The fourth-order valence-corrected chi connectivity index (χ4v) is 1.64. The molecule has 12 heavy (non-hydrogen) atoms. The zero-order chi connectivity index (χ0) is 8.72. The minimum absolute atomic E-state index is 0.786. The van der Waals surface area contributed by atoms with Crippen LogP contribution in [0.3, 0.4) is 0 Å². The zero-order valence-corrected chi connectivity index (χ0v) is 8.30. The van der Waals surface area contributed by atoms with Crippen LogP contribution in [0.25, 0.3) is 10.9 Å². The molecule has 0 bridgehead atoms. The van der Waals surface area contributed by atoms with Gasteiger partial charge in [0.2, 0.25) is 0 Å². The molecule has 0 saturated carbocycles. The molecule has 0 unspecified atom stereocenters. The molecule has 2 nitrogen and oxygen atoms in total. The van der Waals surface area contributed by atoms with Gasteiger partial charge in [0, 0.05) is 34.3 Å². The minimum Gasteiger partial charge on any atom is -0.398 e. The van der Waals surface area contributed by atoms with Crippen LogP contribution in [0.5, 0.6) is 0 Å². The lowest BCUT2D eigenvalue weighted by atomic mass is 10.2. The third kappa shape index (κ3) is 1.01. The smallest absolute Gasteiger partial charge is 0.0490 e. The summed E-state index contributed by atoms with van der Waals surface area (Å²) < 4.78 is 3.02. The summed E-state index contributed by atoms with van der Waals surface area (Å²) in [5.74, 6) is 0. The third-order valence-corrected chi connectivity index (χ3v) is 2.69. The first-order chi connectivity index (χ1) is 5.68. The highest BCUT2D eigenvalue weighted by Crippen LogP contribution is 2.26. The molecule has 2 aromatic rings. The molecule has 1 heterocycles. The van der Waals surface area contributed by atoms with Crippen LogP contribution in [-0.2, 0) is 7.05 Å². The Bertz CT molecular complexity index is 431. The average Bonchev–Trinajstić information content (AvgIpc) is 2.35. The van der Waals surface area contributed by atoms with Crippen LogP contribution < -0.4 is 5.73 Å². The van der Waals surface area contributed by atoms with Crippen molar-refractivity contribution in [1.82, 2.24) is 4.57 Å². The molecule has 2 N–H and O–H groups in total. The second-order valence-corrected chi connectivity index (χ2v) is 3.71. The summed E-state index contributed by atoms with van der Waals surface area (Å²) in [6, 6.07) is 6.06. The summed E-state index contributed by atoms with van der Waals surface area (Å²) in [7, 11) is 2.02. The zero-order valence-electron chi connectivity index (χ0n) is 6.71. The Morgan fingerprint density at radius 3 is 2.92 bits per heavy atom. The Kier molecular flexibility index (Phi) is 1.61. The number of fused-ring (bicyclic) bond motifs is 1. The van der Waals surface area contributed by atoms with E-state index in [1.807, 2.05) is 25.4 Å². The van der Waals surface area contributed by atoms with Crippen LogP contribution in [0.4, 0.5) is 5.69 Å². The predicted octanol–water partition coefficient (Wildman–Crippen LogP) is 2.52. The first-order valence-electron chi connectivity index (χ1n) is 3.68. The lowest BCUT2D eigenvalue weighted by Crippen LogP contribution is -1.88. The number of nitrogens with two attached hydrogens (primary N) is 1. The van der Waals surface area contributed by atoms with Gasteiger partial charge < -0.3 is 10.3 Å². The summed E-state index contributed by atoms with van der Waals surface area (Å²) in [5, 5.41) is 1.18. The SMILES string of the molecule is Cn1ccc2cc(N)c(Br)cc21. The first kappa shape index (κ1) is 7.68. The number of aryl methyl sites for hydroxylation is 1. The van der Waals surface area contributed by atoms with Crippen molar-refractivity contribution in [3.8, 4) is 0 Å². The van der Waals surface area contributed by atoms with Crippen molar-refractivity contribution in [3.05, 3.63) is 28.9 Å². The normalized spacial score (nSPS) is 10.8. The number of anilines is 1. The van der Waals surface area contributed by atoms with Crippen LogP contribution in [-0.4, -0.2) is 4.57 Å². The third-order valence-electron chi connectivity index (χ3n) is 2.00. The van der Waals surface area contributed by atoms with Gasteiger partial charge in [0.05, 0.1) is 0 Å². The van der Waals surface area contributed by atoms with Gasteiger partial charge in [-0.1, -0.05) is 0 Å². The van der Waals surface area contributed by atoms with E-state index in [-0.39, 0.29) is 0 Å². The second kappa shape index (κ2) is 2.52. The summed E-state index contributed by atoms with van der Waals surface area (Å²) >= 11 is 3.40. The second-order valence-electron chi connectivity index (χ2n) is 2.86.